The van der Waals surface area contributed by atoms with Crippen molar-refractivity contribution in [2.45, 2.75) is 26.4 Å². The number of hydrogen-bond acceptors (Lipinski definition) is 5. The minimum absolute atomic E-state index is 0.0947. The second-order valence-corrected chi connectivity index (χ2v) is 6.15. The Balaban J connectivity index is 1.78. The number of nitrogens with one attached hydrogen (secondary N) is 2. The maximum atomic E-state index is 12.1. The van der Waals surface area contributed by atoms with Crippen molar-refractivity contribution in [1.29, 1.82) is 0 Å². The highest BCUT2D eigenvalue weighted by atomic mass is 32.1. The Hall–Kier alpha value is -2.12. The fourth-order valence-electron chi connectivity index (χ4n) is 2.99. The van der Waals surface area contributed by atoms with Crippen LogP contribution in [-0.2, 0) is 19.5 Å². The summed E-state index contributed by atoms with van der Waals surface area (Å²) in [6.45, 7) is 4.77. The maximum Gasteiger partial charge on any atom is 0.256 e. The number of ether oxygens (including phenoxy) is 2. The first-order valence-corrected chi connectivity index (χ1v) is 8.38. The van der Waals surface area contributed by atoms with Crippen LogP contribution in [0.1, 0.15) is 23.7 Å². The average Bonchev–Trinajstić information content (AvgIpc) is 2.57. The Morgan fingerprint density at radius 2 is 2.12 bits per heavy atom. The lowest BCUT2D eigenvalue weighted by Gasteiger charge is -2.28. The molecule has 0 fully saturated rings. The summed E-state index contributed by atoms with van der Waals surface area (Å²) in [4.78, 5) is 20.1. The van der Waals surface area contributed by atoms with Crippen LogP contribution in [0.2, 0.25) is 0 Å². The van der Waals surface area contributed by atoms with Crippen LogP contribution >= 0.6 is 12.2 Å². The highest BCUT2D eigenvalue weighted by Gasteiger charge is 2.20. The van der Waals surface area contributed by atoms with Gasteiger partial charge in [0.15, 0.2) is 16.3 Å². The molecule has 6 nitrogen and oxygen atoms in total. The van der Waals surface area contributed by atoms with E-state index in [1.54, 1.807) is 7.11 Å². The minimum atomic E-state index is -0.0947. The van der Waals surface area contributed by atoms with E-state index in [0.717, 1.165) is 47.8 Å². The molecule has 1 aliphatic heterocycles. The molecule has 2 heterocycles. The van der Waals surface area contributed by atoms with Crippen molar-refractivity contribution in [2.75, 3.05) is 20.3 Å². The number of nitrogens with zero attached hydrogens (tertiary/aromatic N) is 1. The Morgan fingerprint density at radius 1 is 1.29 bits per heavy atom. The topological polar surface area (TPSA) is 70.3 Å². The number of H-pyrrole nitrogens is 2. The van der Waals surface area contributed by atoms with E-state index in [1.807, 2.05) is 25.1 Å². The molecular weight excluding hydrogens is 326 g/mol. The molecule has 0 saturated carbocycles. The van der Waals surface area contributed by atoms with Crippen LogP contribution in [0.25, 0.3) is 0 Å². The van der Waals surface area contributed by atoms with Gasteiger partial charge in [-0.05, 0) is 36.8 Å². The summed E-state index contributed by atoms with van der Waals surface area (Å²) < 4.78 is 11.3. The Bertz CT molecular complexity index is 844. The number of benzene rings is 1. The summed E-state index contributed by atoms with van der Waals surface area (Å²) in [5.41, 5.74) is 2.75. The third-order valence-electron chi connectivity index (χ3n) is 4.12. The predicted octanol–water partition coefficient (Wildman–Crippen LogP) is 2.40. The van der Waals surface area contributed by atoms with Crippen molar-refractivity contribution >= 4 is 12.2 Å². The Morgan fingerprint density at radius 3 is 2.88 bits per heavy atom. The fraction of sp³-hybridized carbons (Fsp3) is 0.412. The van der Waals surface area contributed by atoms with Gasteiger partial charge in [0.1, 0.15) is 0 Å². The molecule has 2 aromatic rings. The van der Waals surface area contributed by atoms with Gasteiger partial charge in [0.2, 0.25) is 0 Å². The number of aromatic amines is 2. The van der Waals surface area contributed by atoms with Crippen molar-refractivity contribution in [3.8, 4) is 11.5 Å². The molecule has 0 bridgehead atoms. The van der Waals surface area contributed by atoms with Gasteiger partial charge in [0.25, 0.3) is 5.56 Å². The molecule has 7 heteroatoms. The predicted molar refractivity (Wildman–Crippen MR) is 94.2 cm³/mol. The third kappa shape index (κ3) is 3.52. The van der Waals surface area contributed by atoms with Crippen molar-refractivity contribution in [2.24, 2.45) is 0 Å². The van der Waals surface area contributed by atoms with E-state index in [1.165, 1.54) is 0 Å². The Kier molecular flexibility index (Phi) is 5.01. The molecular formula is C17H21N3O3S. The first-order valence-electron chi connectivity index (χ1n) is 7.97. The third-order valence-corrected chi connectivity index (χ3v) is 4.33. The molecule has 128 valence electrons. The molecule has 2 N–H and O–H groups in total. The van der Waals surface area contributed by atoms with Crippen LogP contribution < -0.4 is 15.0 Å². The molecule has 1 aliphatic rings. The van der Waals surface area contributed by atoms with E-state index < -0.39 is 0 Å². The lowest BCUT2D eigenvalue weighted by atomic mass is 10.1. The van der Waals surface area contributed by atoms with Crippen LogP contribution in [-0.4, -0.2) is 35.1 Å². The summed E-state index contributed by atoms with van der Waals surface area (Å²) in [7, 11) is 1.64. The van der Waals surface area contributed by atoms with E-state index in [-0.39, 0.29) is 5.56 Å². The molecule has 0 radical (unpaired) electrons. The second-order valence-electron chi connectivity index (χ2n) is 5.74. The van der Waals surface area contributed by atoms with Gasteiger partial charge in [-0.3, -0.25) is 14.7 Å². The molecule has 1 aromatic heterocycles. The van der Waals surface area contributed by atoms with Crippen molar-refractivity contribution < 1.29 is 9.47 Å². The summed E-state index contributed by atoms with van der Waals surface area (Å²) >= 11 is 5.03. The normalized spacial score (nSPS) is 14.2. The van der Waals surface area contributed by atoms with Crippen molar-refractivity contribution in [3.05, 3.63) is 50.1 Å². The highest BCUT2D eigenvalue weighted by molar-refractivity contribution is 7.71. The summed E-state index contributed by atoms with van der Waals surface area (Å²) in [5, 5.41) is 0. The van der Waals surface area contributed by atoms with Gasteiger partial charge >= 0.3 is 0 Å². The van der Waals surface area contributed by atoms with E-state index in [9.17, 15) is 4.79 Å². The number of fused-ring (bicyclic) bond motifs is 1. The number of methoxy groups -OCH3 is 1. The van der Waals surface area contributed by atoms with E-state index in [4.69, 9.17) is 21.7 Å². The average molecular weight is 347 g/mol. The SMILES string of the molecule is CCOc1ccc(CN2CCc3[nH]c(=S)[nH]c(=O)c3C2)cc1OC. The summed E-state index contributed by atoms with van der Waals surface area (Å²) in [6, 6.07) is 5.95. The number of hydrogen-bond donors (Lipinski definition) is 2. The molecule has 1 aromatic carbocycles. The van der Waals surface area contributed by atoms with Gasteiger partial charge in [-0.1, -0.05) is 6.07 Å². The van der Waals surface area contributed by atoms with Crippen LogP contribution in [0.15, 0.2) is 23.0 Å². The second kappa shape index (κ2) is 7.19. The molecule has 0 atom stereocenters. The van der Waals surface area contributed by atoms with E-state index in [2.05, 4.69) is 14.9 Å². The monoisotopic (exact) mass is 347 g/mol. The lowest BCUT2D eigenvalue weighted by Crippen LogP contribution is -2.35. The van der Waals surface area contributed by atoms with E-state index >= 15 is 0 Å². The largest absolute Gasteiger partial charge is 0.493 e. The zero-order valence-corrected chi connectivity index (χ0v) is 14.7. The zero-order chi connectivity index (χ0) is 17.1. The van der Waals surface area contributed by atoms with Gasteiger partial charge in [0, 0.05) is 31.7 Å². The minimum Gasteiger partial charge on any atom is -0.493 e. The molecule has 24 heavy (non-hydrogen) atoms. The highest BCUT2D eigenvalue weighted by Crippen LogP contribution is 2.29. The van der Waals surface area contributed by atoms with Gasteiger partial charge in [-0.25, -0.2) is 0 Å². The van der Waals surface area contributed by atoms with Gasteiger partial charge in [-0.15, -0.1) is 0 Å². The van der Waals surface area contributed by atoms with Gasteiger partial charge < -0.3 is 14.5 Å². The molecule has 0 unspecified atom stereocenters. The summed E-state index contributed by atoms with van der Waals surface area (Å²) in [5.74, 6) is 1.48. The van der Waals surface area contributed by atoms with Crippen LogP contribution in [0, 0.1) is 4.77 Å². The first-order chi connectivity index (χ1) is 11.6. The molecule has 3 rings (SSSR count). The first kappa shape index (κ1) is 16.7. The smallest absolute Gasteiger partial charge is 0.256 e. The lowest BCUT2D eigenvalue weighted by molar-refractivity contribution is 0.241. The van der Waals surface area contributed by atoms with Gasteiger partial charge in [0.05, 0.1) is 19.3 Å². The molecule has 0 spiro atoms. The number of rotatable bonds is 5. The summed E-state index contributed by atoms with van der Waals surface area (Å²) in [6.07, 6.45) is 0.789. The zero-order valence-electron chi connectivity index (χ0n) is 13.8. The maximum absolute atomic E-state index is 12.1. The van der Waals surface area contributed by atoms with E-state index in [0.29, 0.717) is 17.9 Å². The quantitative estimate of drug-likeness (QED) is 0.813. The molecule has 0 saturated heterocycles. The van der Waals surface area contributed by atoms with Crippen LogP contribution in [0.3, 0.4) is 0 Å². The number of aromatic nitrogens is 2. The standard InChI is InChI=1S/C17H21N3O3S/c1-3-23-14-5-4-11(8-15(14)22-2)9-20-7-6-13-12(10-20)16(21)19-17(24)18-13/h4-5,8H,3,6-7,9-10H2,1-2H3,(H2,18,19,21,24). The molecule has 0 aliphatic carbocycles. The molecule has 0 amide bonds. The van der Waals surface area contributed by atoms with Gasteiger partial charge in [-0.2, -0.15) is 0 Å². The van der Waals surface area contributed by atoms with Crippen molar-refractivity contribution in [3.63, 3.8) is 0 Å². The van der Waals surface area contributed by atoms with Crippen LogP contribution in [0.4, 0.5) is 0 Å². The fourth-order valence-corrected chi connectivity index (χ4v) is 3.21. The Labute approximate surface area is 145 Å². The van der Waals surface area contributed by atoms with Crippen molar-refractivity contribution in [1.82, 2.24) is 14.9 Å². The van der Waals surface area contributed by atoms with Crippen LogP contribution in [0.5, 0.6) is 11.5 Å².